The first-order valence-corrected chi connectivity index (χ1v) is 6.04. The summed E-state index contributed by atoms with van der Waals surface area (Å²) in [6.07, 6.45) is 0. The Morgan fingerprint density at radius 1 is 1.46 bits per heavy atom. The summed E-state index contributed by atoms with van der Waals surface area (Å²) >= 11 is 5.73. The molecule has 72 valence electrons. The quantitative estimate of drug-likeness (QED) is 0.743. The summed E-state index contributed by atoms with van der Waals surface area (Å²) in [4.78, 5) is 0. The van der Waals surface area contributed by atoms with E-state index in [0.29, 0.717) is 5.92 Å². The second-order valence-corrected chi connectivity index (χ2v) is 5.38. The van der Waals surface area contributed by atoms with Crippen LogP contribution in [0.15, 0.2) is 22.7 Å². The van der Waals surface area contributed by atoms with Gasteiger partial charge in [0.1, 0.15) is 5.75 Å². The zero-order valence-corrected chi connectivity index (χ0v) is 11.4. The fourth-order valence-corrected chi connectivity index (χ4v) is 1.67. The second-order valence-electron chi connectivity index (χ2n) is 3.28. The molecule has 0 amide bonds. The molecule has 0 aliphatic heterocycles. The van der Waals surface area contributed by atoms with E-state index in [1.54, 1.807) is 0 Å². The van der Waals surface area contributed by atoms with E-state index < -0.39 is 0 Å². The predicted octanol–water partition coefficient (Wildman–Crippen LogP) is 4.09. The topological polar surface area (TPSA) is 9.23 Å². The number of ether oxygens (including phenoxy) is 1. The van der Waals surface area contributed by atoms with Crippen molar-refractivity contribution in [2.24, 2.45) is 5.92 Å². The normalized spacial score (nSPS) is 10.5. The van der Waals surface area contributed by atoms with Crippen molar-refractivity contribution in [1.29, 1.82) is 0 Å². The first-order chi connectivity index (χ1) is 6.09. The van der Waals surface area contributed by atoms with Crippen LogP contribution < -0.4 is 4.74 Å². The first kappa shape index (κ1) is 11.3. The Kier molecular flexibility index (Phi) is 4.52. The van der Waals surface area contributed by atoms with Crippen molar-refractivity contribution in [3.05, 3.63) is 26.2 Å². The van der Waals surface area contributed by atoms with Gasteiger partial charge in [0.25, 0.3) is 0 Å². The molecule has 0 aliphatic rings. The van der Waals surface area contributed by atoms with Gasteiger partial charge in [0.15, 0.2) is 0 Å². The second kappa shape index (κ2) is 5.20. The summed E-state index contributed by atoms with van der Waals surface area (Å²) in [7, 11) is 0. The lowest BCUT2D eigenvalue weighted by Gasteiger charge is -2.10. The molecule has 0 atom stereocenters. The smallest absolute Gasteiger partial charge is 0.134 e. The van der Waals surface area contributed by atoms with E-state index in [4.69, 9.17) is 4.74 Å². The van der Waals surface area contributed by atoms with Gasteiger partial charge in [-0.2, -0.15) is 0 Å². The van der Waals surface area contributed by atoms with E-state index in [-0.39, 0.29) is 0 Å². The van der Waals surface area contributed by atoms with Crippen molar-refractivity contribution in [2.45, 2.75) is 13.8 Å². The highest BCUT2D eigenvalue weighted by Crippen LogP contribution is 2.26. The molecule has 0 saturated heterocycles. The largest absolute Gasteiger partial charge is 0.492 e. The van der Waals surface area contributed by atoms with Crippen molar-refractivity contribution in [3.8, 4) is 5.75 Å². The van der Waals surface area contributed by atoms with Gasteiger partial charge in [-0.05, 0) is 62.6 Å². The Hall–Kier alpha value is 0.230. The summed E-state index contributed by atoms with van der Waals surface area (Å²) in [6, 6.07) is 6.09. The Balaban J connectivity index is 2.70. The SMILES string of the molecule is CC(C)COc1cc(I)ccc1Br. The zero-order valence-electron chi connectivity index (χ0n) is 7.68. The van der Waals surface area contributed by atoms with Gasteiger partial charge in [-0.3, -0.25) is 0 Å². The summed E-state index contributed by atoms with van der Waals surface area (Å²) in [5.41, 5.74) is 0. The van der Waals surface area contributed by atoms with Crippen molar-refractivity contribution in [2.75, 3.05) is 6.61 Å². The van der Waals surface area contributed by atoms with Gasteiger partial charge in [0.2, 0.25) is 0 Å². The molecule has 0 saturated carbocycles. The van der Waals surface area contributed by atoms with Crippen LogP contribution in [-0.2, 0) is 0 Å². The van der Waals surface area contributed by atoms with Crippen LogP contribution in [0.25, 0.3) is 0 Å². The van der Waals surface area contributed by atoms with E-state index in [2.05, 4.69) is 52.4 Å². The Bertz CT molecular complexity index is 286. The monoisotopic (exact) mass is 354 g/mol. The first-order valence-electron chi connectivity index (χ1n) is 4.17. The summed E-state index contributed by atoms with van der Waals surface area (Å²) in [5, 5.41) is 0. The van der Waals surface area contributed by atoms with E-state index in [0.717, 1.165) is 16.8 Å². The molecule has 0 aromatic heterocycles. The average molecular weight is 355 g/mol. The van der Waals surface area contributed by atoms with Gasteiger partial charge >= 0.3 is 0 Å². The van der Waals surface area contributed by atoms with Gasteiger partial charge in [-0.1, -0.05) is 13.8 Å². The van der Waals surface area contributed by atoms with Crippen LogP contribution in [0.4, 0.5) is 0 Å². The number of halogens is 2. The van der Waals surface area contributed by atoms with Crippen molar-refractivity contribution in [1.82, 2.24) is 0 Å². The number of benzene rings is 1. The molecule has 1 aromatic rings. The molecule has 1 aromatic carbocycles. The molecule has 0 unspecified atom stereocenters. The minimum Gasteiger partial charge on any atom is -0.492 e. The van der Waals surface area contributed by atoms with E-state index in [1.165, 1.54) is 3.57 Å². The fraction of sp³-hybridized carbons (Fsp3) is 0.400. The highest BCUT2D eigenvalue weighted by molar-refractivity contribution is 14.1. The van der Waals surface area contributed by atoms with E-state index in [9.17, 15) is 0 Å². The third kappa shape index (κ3) is 3.85. The van der Waals surface area contributed by atoms with Gasteiger partial charge in [-0.15, -0.1) is 0 Å². The highest BCUT2D eigenvalue weighted by Gasteiger charge is 2.02. The molecule has 0 radical (unpaired) electrons. The Morgan fingerprint density at radius 2 is 2.15 bits per heavy atom. The van der Waals surface area contributed by atoms with E-state index in [1.807, 2.05) is 18.2 Å². The van der Waals surface area contributed by atoms with Crippen LogP contribution >= 0.6 is 38.5 Å². The van der Waals surface area contributed by atoms with Crippen molar-refractivity contribution >= 4 is 38.5 Å². The van der Waals surface area contributed by atoms with E-state index >= 15 is 0 Å². The van der Waals surface area contributed by atoms with Gasteiger partial charge in [-0.25, -0.2) is 0 Å². The van der Waals surface area contributed by atoms with Crippen LogP contribution in [0.3, 0.4) is 0 Å². The lowest BCUT2D eigenvalue weighted by Crippen LogP contribution is -2.04. The minimum absolute atomic E-state index is 0.560. The molecular formula is C10H12BrIO. The third-order valence-corrected chi connectivity index (χ3v) is 2.79. The summed E-state index contributed by atoms with van der Waals surface area (Å²) < 4.78 is 7.84. The Labute approximate surface area is 101 Å². The van der Waals surface area contributed by atoms with Crippen LogP contribution in [0.5, 0.6) is 5.75 Å². The lowest BCUT2D eigenvalue weighted by molar-refractivity contribution is 0.269. The molecule has 3 heteroatoms. The Morgan fingerprint density at radius 3 is 2.77 bits per heavy atom. The zero-order chi connectivity index (χ0) is 9.84. The maximum atomic E-state index is 5.63. The summed E-state index contributed by atoms with van der Waals surface area (Å²) in [6.45, 7) is 5.04. The number of rotatable bonds is 3. The minimum atomic E-state index is 0.560. The molecular weight excluding hydrogens is 343 g/mol. The maximum absolute atomic E-state index is 5.63. The summed E-state index contributed by atoms with van der Waals surface area (Å²) in [5.74, 6) is 1.49. The maximum Gasteiger partial charge on any atom is 0.134 e. The number of hydrogen-bond acceptors (Lipinski definition) is 1. The molecule has 0 spiro atoms. The van der Waals surface area contributed by atoms with Crippen LogP contribution in [-0.4, -0.2) is 6.61 Å². The van der Waals surface area contributed by atoms with Crippen LogP contribution in [0.1, 0.15) is 13.8 Å². The lowest BCUT2D eigenvalue weighted by atomic mass is 10.2. The predicted molar refractivity (Wildman–Crippen MR) is 67.2 cm³/mol. The van der Waals surface area contributed by atoms with Gasteiger partial charge in [0, 0.05) is 3.57 Å². The molecule has 0 fully saturated rings. The highest BCUT2D eigenvalue weighted by atomic mass is 127. The van der Waals surface area contributed by atoms with Crippen LogP contribution in [0.2, 0.25) is 0 Å². The van der Waals surface area contributed by atoms with Gasteiger partial charge < -0.3 is 4.74 Å². The van der Waals surface area contributed by atoms with Crippen molar-refractivity contribution < 1.29 is 4.74 Å². The standard InChI is InChI=1S/C10H12BrIO/c1-7(2)6-13-10-5-8(12)3-4-9(10)11/h3-5,7H,6H2,1-2H3. The van der Waals surface area contributed by atoms with Gasteiger partial charge in [0.05, 0.1) is 11.1 Å². The molecule has 13 heavy (non-hydrogen) atoms. The molecule has 1 nitrogen and oxygen atoms in total. The third-order valence-electron chi connectivity index (χ3n) is 1.47. The number of hydrogen-bond donors (Lipinski definition) is 0. The molecule has 0 N–H and O–H groups in total. The molecule has 0 aliphatic carbocycles. The average Bonchev–Trinajstić information content (AvgIpc) is 2.06. The fourth-order valence-electron chi connectivity index (χ4n) is 0.844. The van der Waals surface area contributed by atoms with Crippen molar-refractivity contribution in [3.63, 3.8) is 0 Å². The van der Waals surface area contributed by atoms with Crippen LogP contribution in [0, 0.1) is 9.49 Å². The molecule has 0 bridgehead atoms. The molecule has 1 rings (SSSR count). The molecule has 0 heterocycles.